The number of aliphatic imine (C=N–C) groups is 1. The summed E-state index contributed by atoms with van der Waals surface area (Å²) < 4.78 is 0. The molecule has 0 saturated heterocycles. The molecule has 3 N–H and O–H groups in total. The average molecular weight is 189 g/mol. The van der Waals surface area contributed by atoms with Crippen LogP contribution in [-0.2, 0) is 6.42 Å². The predicted molar refractivity (Wildman–Crippen MR) is 53.2 cm³/mol. The molecule has 0 aliphatic heterocycles. The summed E-state index contributed by atoms with van der Waals surface area (Å²) in [5.74, 6) is 0.142. The molecule has 0 amide bonds. The van der Waals surface area contributed by atoms with E-state index in [9.17, 15) is 0 Å². The second-order valence-corrected chi connectivity index (χ2v) is 2.57. The van der Waals surface area contributed by atoms with Gasteiger partial charge in [-0.1, -0.05) is 6.07 Å². The lowest BCUT2D eigenvalue weighted by molar-refractivity contribution is 0.914. The zero-order chi connectivity index (χ0) is 10.2. The number of nitrogens with zero attached hydrogens (tertiary/aromatic N) is 3. The molecule has 1 aromatic rings. The smallest absolute Gasteiger partial charge is 0.202 e. The third kappa shape index (κ3) is 3.54. The highest BCUT2D eigenvalue weighted by atomic mass is 15.1. The van der Waals surface area contributed by atoms with Gasteiger partial charge in [0.15, 0.2) is 6.19 Å². The van der Waals surface area contributed by atoms with E-state index < -0.39 is 0 Å². The van der Waals surface area contributed by atoms with Gasteiger partial charge in [-0.15, -0.1) is 0 Å². The molecule has 0 aliphatic rings. The van der Waals surface area contributed by atoms with Crippen molar-refractivity contribution >= 4 is 5.96 Å². The molecule has 1 rings (SSSR count). The van der Waals surface area contributed by atoms with Gasteiger partial charge in [0.2, 0.25) is 5.96 Å². The Labute approximate surface area is 82.3 Å². The Balaban J connectivity index is 2.36. The topological polar surface area (TPSA) is 87.1 Å². The van der Waals surface area contributed by atoms with E-state index >= 15 is 0 Å². The van der Waals surface area contributed by atoms with Gasteiger partial charge in [-0.3, -0.25) is 15.3 Å². The first-order chi connectivity index (χ1) is 6.83. The minimum absolute atomic E-state index is 0.142. The Bertz CT molecular complexity index is 338. The van der Waals surface area contributed by atoms with E-state index in [-0.39, 0.29) is 5.96 Å². The fraction of sp³-hybridized carbons (Fsp3) is 0.222. The van der Waals surface area contributed by atoms with Gasteiger partial charge in [-0.2, -0.15) is 5.26 Å². The molecule has 0 aliphatic carbocycles. The molecule has 5 nitrogen and oxygen atoms in total. The Kier molecular flexibility index (Phi) is 3.95. The van der Waals surface area contributed by atoms with Crippen molar-refractivity contribution in [2.75, 3.05) is 6.54 Å². The van der Waals surface area contributed by atoms with Gasteiger partial charge in [0, 0.05) is 24.9 Å². The summed E-state index contributed by atoms with van der Waals surface area (Å²) in [6.45, 7) is 0.525. The average Bonchev–Trinajstić information content (AvgIpc) is 2.20. The molecule has 0 unspecified atom stereocenters. The number of rotatable bonds is 3. The lowest BCUT2D eigenvalue weighted by Gasteiger charge is -1.97. The summed E-state index contributed by atoms with van der Waals surface area (Å²) in [5.41, 5.74) is 6.30. The molecule has 0 fully saturated rings. The lowest BCUT2D eigenvalue weighted by Crippen LogP contribution is -2.27. The van der Waals surface area contributed by atoms with Crippen LogP contribution in [0.1, 0.15) is 5.69 Å². The van der Waals surface area contributed by atoms with E-state index in [0.717, 1.165) is 5.69 Å². The molecule has 0 bridgehead atoms. The van der Waals surface area contributed by atoms with Crippen molar-refractivity contribution in [1.82, 2.24) is 10.3 Å². The van der Waals surface area contributed by atoms with E-state index in [1.165, 1.54) is 0 Å². The number of pyridine rings is 1. The molecule has 0 saturated carbocycles. The van der Waals surface area contributed by atoms with Crippen LogP contribution in [0.3, 0.4) is 0 Å². The van der Waals surface area contributed by atoms with E-state index in [1.807, 2.05) is 18.2 Å². The van der Waals surface area contributed by atoms with Crippen molar-refractivity contribution in [2.45, 2.75) is 6.42 Å². The van der Waals surface area contributed by atoms with Gasteiger partial charge in [-0.05, 0) is 12.1 Å². The van der Waals surface area contributed by atoms with Gasteiger partial charge >= 0.3 is 0 Å². The van der Waals surface area contributed by atoms with Gasteiger partial charge in [0.1, 0.15) is 0 Å². The van der Waals surface area contributed by atoms with Crippen molar-refractivity contribution in [2.24, 2.45) is 10.7 Å². The second-order valence-electron chi connectivity index (χ2n) is 2.57. The number of nitrogens with one attached hydrogen (secondary N) is 1. The monoisotopic (exact) mass is 189 g/mol. The number of aromatic nitrogens is 1. The van der Waals surface area contributed by atoms with Crippen LogP contribution in [0.15, 0.2) is 29.4 Å². The standard InChI is InChI=1S/C9H11N5/c10-7-14-9(11)13-6-4-8-3-1-2-5-12-8/h1-3,5H,4,6H2,(H3,11,13,14). The van der Waals surface area contributed by atoms with Gasteiger partial charge < -0.3 is 5.73 Å². The van der Waals surface area contributed by atoms with Crippen molar-refractivity contribution in [1.29, 1.82) is 5.26 Å². The molecule has 72 valence electrons. The number of nitriles is 1. The fourth-order valence-electron chi connectivity index (χ4n) is 0.934. The van der Waals surface area contributed by atoms with Crippen LogP contribution < -0.4 is 11.1 Å². The fourth-order valence-corrected chi connectivity index (χ4v) is 0.934. The Morgan fingerprint density at radius 3 is 3.14 bits per heavy atom. The molecular weight excluding hydrogens is 178 g/mol. The number of guanidine groups is 1. The largest absolute Gasteiger partial charge is 0.369 e. The first kappa shape index (κ1) is 9.99. The summed E-state index contributed by atoms with van der Waals surface area (Å²) in [7, 11) is 0. The van der Waals surface area contributed by atoms with Crippen molar-refractivity contribution in [3.8, 4) is 6.19 Å². The molecule has 0 radical (unpaired) electrons. The number of nitrogens with two attached hydrogens (primary N) is 1. The van der Waals surface area contributed by atoms with Gasteiger partial charge in [0.05, 0.1) is 0 Å². The summed E-state index contributed by atoms with van der Waals surface area (Å²) in [5, 5.41) is 10.5. The predicted octanol–water partition coefficient (Wildman–Crippen LogP) is 0.00948. The normalized spacial score (nSPS) is 10.6. The highest BCUT2D eigenvalue weighted by molar-refractivity contribution is 5.79. The van der Waals surface area contributed by atoms with E-state index in [0.29, 0.717) is 13.0 Å². The highest BCUT2D eigenvalue weighted by Gasteiger charge is 1.92. The number of hydrogen-bond donors (Lipinski definition) is 2. The molecule has 0 atom stereocenters. The van der Waals surface area contributed by atoms with Crippen LogP contribution in [0, 0.1) is 11.5 Å². The molecule has 5 heteroatoms. The highest BCUT2D eigenvalue weighted by Crippen LogP contribution is 1.94. The van der Waals surface area contributed by atoms with Crippen LogP contribution in [-0.4, -0.2) is 17.5 Å². The number of hydrogen-bond acceptors (Lipinski definition) is 3. The van der Waals surface area contributed by atoms with Gasteiger partial charge in [0.25, 0.3) is 0 Å². The van der Waals surface area contributed by atoms with Crippen LogP contribution in [0.2, 0.25) is 0 Å². The first-order valence-electron chi connectivity index (χ1n) is 4.18. The molecule has 0 aromatic carbocycles. The van der Waals surface area contributed by atoms with Gasteiger partial charge in [-0.25, -0.2) is 0 Å². The second kappa shape index (κ2) is 5.54. The van der Waals surface area contributed by atoms with E-state index in [2.05, 4.69) is 15.3 Å². The Hall–Kier alpha value is -2.09. The molecule has 14 heavy (non-hydrogen) atoms. The summed E-state index contributed by atoms with van der Waals surface area (Å²) in [6.07, 6.45) is 4.14. The molecular formula is C9H11N5. The molecule has 0 spiro atoms. The molecule has 1 heterocycles. The SMILES string of the molecule is N#CNC(N)=NCCc1ccccn1. The maximum atomic E-state index is 8.22. The molecule has 1 aromatic heterocycles. The van der Waals surface area contributed by atoms with Crippen LogP contribution in [0.5, 0.6) is 0 Å². The lowest BCUT2D eigenvalue weighted by atomic mass is 10.3. The maximum Gasteiger partial charge on any atom is 0.202 e. The zero-order valence-corrected chi connectivity index (χ0v) is 7.64. The zero-order valence-electron chi connectivity index (χ0n) is 7.64. The van der Waals surface area contributed by atoms with Crippen molar-refractivity contribution < 1.29 is 0 Å². The maximum absolute atomic E-state index is 8.22. The quantitative estimate of drug-likeness (QED) is 0.303. The summed E-state index contributed by atoms with van der Waals surface area (Å²) >= 11 is 0. The first-order valence-corrected chi connectivity index (χ1v) is 4.18. The van der Waals surface area contributed by atoms with Crippen LogP contribution >= 0.6 is 0 Å². The summed E-state index contributed by atoms with van der Waals surface area (Å²) in [4.78, 5) is 8.06. The third-order valence-corrected chi connectivity index (χ3v) is 1.56. The Morgan fingerprint density at radius 2 is 2.50 bits per heavy atom. The minimum Gasteiger partial charge on any atom is -0.369 e. The Morgan fingerprint density at radius 1 is 1.64 bits per heavy atom. The van der Waals surface area contributed by atoms with Crippen molar-refractivity contribution in [3.05, 3.63) is 30.1 Å². The van der Waals surface area contributed by atoms with Crippen molar-refractivity contribution in [3.63, 3.8) is 0 Å². The van der Waals surface area contributed by atoms with Crippen LogP contribution in [0.25, 0.3) is 0 Å². The minimum atomic E-state index is 0.142. The third-order valence-electron chi connectivity index (χ3n) is 1.56. The van der Waals surface area contributed by atoms with Crippen LogP contribution in [0.4, 0.5) is 0 Å². The summed E-state index contributed by atoms with van der Waals surface area (Å²) in [6, 6.07) is 5.70. The van der Waals surface area contributed by atoms with E-state index in [1.54, 1.807) is 12.4 Å². The van der Waals surface area contributed by atoms with E-state index in [4.69, 9.17) is 11.0 Å².